The second-order valence-electron chi connectivity index (χ2n) is 4.44. The highest BCUT2D eigenvalue weighted by Gasteiger charge is 2.95. The van der Waals surface area contributed by atoms with E-state index in [1.165, 1.54) is 0 Å². The van der Waals surface area contributed by atoms with E-state index in [2.05, 4.69) is 0 Å². The van der Waals surface area contributed by atoms with Gasteiger partial charge in [0.15, 0.2) is 0 Å². The molecule has 1 atom stereocenters. The van der Waals surface area contributed by atoms with Crippen LogP contribution < -0.4 is 0 Å². The Morgan fingerprint density at radius 1 is 0.222 bits per heavy atom. The molecule has 0 N–H and O–H groups in total. The fourth-order valence-corrected chi connectivity index (χ4v) is 1.14. The molecule has 1 unspecified atom stereocenters. The van der Waals surface area contributed by atoms with Crippen LogP contribution in [0.2, 0.25) is 0 Å². The zero-order chi connectivity index (χ0) is 22.0. The SMILES string of the molecule is FC(F)(F)C(F)(F)C(F)(F)C(F)(F)C(F)(F)C(F)(F)C(F)(F)C(F)(F)F.P. The topological polar surface area (TPSA) is 0 Å². The van der Waals surface area contributed by atoms with Gasteiger partial charge in [0.2, 0.25) is 0 Å². The molecule has 0 radical (unpaired) electrons. The van der Waals surface area contributed by atoms with E-state index < -0.39 is 47.9 Å². The second kappa shape index (κ2) is 6.61. The molecule has 0 saturated carbocycles. The van der Waals surface area contributed by atoms with Crippen molar-refractivity contribution in [2.75, 3.05) is 0 Å². The highest BCUT2D eigenvalue weighted by atomic mass is 31.0. The Labute approximate surface area is 138 Å². The first-order valence-electron chi connectivity index (χ1n) is 5.15. The van der Waals surface area contributed by atoms with Crippen molar-refractivity contribution in [1.82, 2.24) is 0 Å². The van der Waals surface area contributed by atoms with Crippen LogP contribution in [0.25, 0.3) is 0 Å². The van der Waals surface area contributed by atoms with Crippen LogP contribution in [-0.2, 0) is 0 Å². The lowest BCUT2D eigenvalue weighted by Gasteiger charge is -2.41. The van der Waals surface area contributed by atoms with Gasteiger partial charge in [-0.15, -0.1) is 0 Å². The third-order valence-corrected chi connectivity index (χ3v) is 2.68. The fourth-order valence-electron chi connectivity index (χ4n) is 1.14. The van der Waals surface area contributed by atoms with Gasteiger partial charge in [-0.3, -0.25) is 0 Å². The summed E-state index contributed by atoms with van der Waals surface area (Å²) in [7, 11) is 0. The van der Waals surface area contributed by atoms with Crippen LogP contribution >= 0.6 is 9.90 Å². The van der Waals surface area contributed by atoms with Gasteiger partial charge in [-0.1, -0.05) is 0 Å². The van der Waals surface area contributed by atoms with Gasteiger partial charge in [-0.2, -0.15) is 88.9 Å². The molecule has 0 saturated heterocycles. The summed E-state index contributed by atoms with van der Waals surface area (Å²) in [6, 6.07) is 0. The highest BCUT2D eigenvalue weighted by Crippen LogP contribution is 2.63. The van der Waals surface area contributed by atoms with Crippen LogP contribution in [0.4, 0.5) is 79.0 Å². The first-order valence-corrected chi connectivity index (χ1v) is 5.15. The van der Waals surface area contributed by atoms with Crippen molar-refractivity contribution in [1.29, 1.82) is 0 Å². The number of halogens is 18. The highest BCUT2D eigenvalue weighted by molar-refractivity contribution is 6.92. The van der Waals surface area contributed by atoms with Gasteiger partial charge in [-0.05, 0) is 0 Å². The maximum absolute atomic E-state index is 12.8. The third kappa shape index (κ3) is 3.50. The van der Waals surface area contributed by atoms with Gasteiger partial charge >= 0.3 is 47.9 Å². The molecule has 0 fully saturated rings. The van der Waals surface area contributed by atoms with Crippen LogP contribution in [0.3, 0.4) is 0 Å². The minimum absolute atomic E-state index is 0. The van der Waals surface area contributed by atoms with Crippen molar-refractivity contribution >= 4 is 9.90 Å². The van der Waals surface area contributed by atoms with Gasteiger partial charge in [0.05, 0.1) is 0 Å². The Morgan fingerprint density at radius 2 is 0.333 bits per heavy atom. The third-order valence-electron chi connectivity index (χ3n) is 2.68. The first-order chi connectivity index (χ1) is 10.8. The van der Waals surface area contributed by atoms with Gasteiger partial charge in [0, 0.05) is 0 Å². The lowest BCUT2D eigenvalue weighted by atomic mass is 9.91. The summed E-state index contributed by atoms with van der Waals surface area (Å²) in [5, 5.41) is 0. The Kier molecular flexibility index (Phi) is 6.95. The van der Waals surface area contributed by atoms with Crippen molar-refractivity contribution in [3.63, 3.8) is 0 Å². The lowest BCUT2D eigenvalue weighted by molar-refractivity contribution is -0.468. The fraction of sp³-hybridized carbons (Fsp3) is 1.00. The normalized spacial score (nSPS) is 16.2. The minimum Gasteiger partial charge on any atom is -0.192 e. The average Bonchev–Trinajstić information content (AvgIpc) is 2.34. The molecular weight excluding hydrogens is 469 g/mol. The Hall–Kier alpha value is -0.830. The maximum atomic E-state index is 12.8. The van der Waals surface area contributed by atoms with E-state index in [1.807, 2.05) is 0 Å². The molecule has 0 aromatic carbocycles. The molecule has 0 aliphatic rings. The molecule has 0 spiro atoms. The molecule has 0 aromatic rings. The van der Waals surface area contributed by atoms with Gasteiger partial charge in [-0.25, -0.2) is 0 Å². The number of hydrogen-bond donors (Lipinski definition) is 0. The zero-order valence-electron chi connectivity index (χ0n) is 11.5. The monoisotopic (exact) mass is 472 g/mol. The number of alkyl halides is 18. The summed E-state index contributed by atoms with van der Waals surface area (Å²) in [6.45, 7) is 0. The van der Waals surface area contributed by atoms with E-state index in [0.717, 1.165) is 0 Å². The smallest absolute Gasteiger partial charge is 0.192 e. The van der Waals surface area contributed by atoms with Gasteiger partial charge in [0.25, 0.3) is 0 Å². The summed E-state index contributed by atoms with van der Waals surface area (Å²) in [5.74, 6) is -51.0. The van der Waals surface area contributed by atoms with Crippen LogP contribution in [0.5, 0.6) is 0 Å². The Balaban J connectivity index is 0. The summed E-state index contributed by atoms with van der Waals surface area (Å²) in [4.78, 5) is 0. The van der Waals surface area contributed by atoms with Crippen molar-refractivity contribution in [3.05, 3.63) is 0 Å². The van der Waals surface area contributed by atoms with Gasteiger partial charge < -0.3 is 0 Å². The summed E-state index contributed by atoms with van der Waals surface area (Å²) in [6.07, 6.45) is -15.6. The molecule has 0 rings (SSSR count). The van der Waals surface area contributed by atoms with Gasteiger partial charge in [0.1, 0.15) is 0 Å². The van der Waals surface area contributed by atoms with E-state index in [-0.39, 0.29) is 9.90 Å². The molecular formula is C8H3F18P. The van der Waals surface area contributed by atoms with Crippen molar-refractivity contribution in [2.24, 2.45) is 0 Å². The molecule has 0 aliphatic carbocycles. The molecule has 0 aromatic heterocycles. The molecule has 0 amide bonds. The summed E-state index contributed by atoms with van der Waals surface area (Å²) < 4.78 is 221. The summed E-state index contributed by atoms with van der Waals surface area (Å²) in [5.41, 5.74) is 0. The van der Waals surface area contributed by atoms with Crippen LogP contribution in [-0.4, -0.2) is 47.9 Å². The van der Waals surface area contributed by atoms with E-state index in [4.69, 9.17) is 0 Å². The van der Waals surface area contributed by atoms with E-state index in [9.17, 15) is 79.0 Å². The quantitative estimate of drug-likeness (QED) is 0.341. The molecule has 0 nitrogen and oxygen atoms in total. The standard InChI is InChI=1S/C8F18.H3P/c9-1(10,3(13,14)5(17,18)7(21,22)23)2(11,12)4(15,16)6(19,20)8(24,25)26;/h;1H3. The van der Waals surface area contributed by atoms with E-state index in [0.29, 0.717) is 0 Å². The molecule has 0 bridgehead atoms. The summed E-state index contributed by atoms with van der Waals surface area (Å²) >= 11 is 0. The molecule has 0 aliphatic heterocycles. The van der Waals surface area contributed by atoms with Crippen LogP contribution in [0, 0.1) is 0 Å². The predicted octanol–water partition coefficient (Wildman–Crippen LogP) is 5.98. The molecule has 27 heavy (non-hydrogen) atoms. The molecule has 166 valence electrons. The Bertz CT molecular complexity index is 474. The maximum Gasteiger partial charge on any atom is 0.460 e. The Morgan fingerprint density at radius 3 is 0.444 bits per heavy atom. The largest absolute Gasteiger partial charge is 0.460 e. The van der Waals surface area contributed by atoms with E-state index >= 15 is 0 Å². The zero-order valence-corrected chi connectivity index (χ0v) is 12.9. The first kappa shape index (κ1) is 28.4. The van der Waals surface area contributed by atoms with Crippen molar-refractivity contribution in [3.8, 4) is 0 Å². The number of rotatable bonds is 5. The van der Waals surface area contributed by atoms with Crippen LogP contribution in [0.1, 0.15) is 0 Å². The second-order valence-corrected chi connectivity index (χ2v) is 4.44. The minimum atomic E-state index is -8.72. The lowest BCUT2D eigenvalue weighted by Crippen LogP contribution is -2.74. The molecule has 0 heterocycles. The van der Waals surface area contributed by atoms with E-state index in [1.54, 1.807) is 0 Å². The predicted molar refractivity (Wildman–Crippen MR) is 52.9 cm³/mol. The average molecular weight is 472 g/mol. The van der Waals surface area contributed by atoms with Crippen molar-refractivity contribution in [2.45, 2.75) is 47.9 Å². The van der Waals surface area contributed by atoms with Crippen LogP contribution in [0.15, 0.2) is 0 Å². The van der Waals surface area contributed by atoms with Crippen molar-refractivity contribution < 1.29 is 79.0 Å². The molecule has 19 heteroatoms. The number of hydrogen-bond acceptors (Lipinski definition) is 0.